The van der Waals surface area contributed by atoms with Gasteiger partial charge < -0.3 is 15.5 Å². The minimum atomic E-state index is -0.470. The van der Waals surface area contributed by atoms with Crippen LogP contribution < -0.4 is 5.32 Å². The third-order valence-corrected chi connectivity index (χ3v) is 3.38. The fraction of sp³-hybridized carbons (Fsp3) is 0.500. The molecular formula is C14H20ClNO3. The Labute approximate surface area is 118 Å². The number of halogens is 1. The Morgan fingerprint density at radius 1 is 1.37 bits per heavy atom. The Kier molecular flexibility index (Phi) is 5.06. The van der Waals surface area contributed by atoms with Crippen LogP contribution in [0.25, 0.3) is 0 Å². The molecule has 3 N–H and O–H groups in total. The van der Waals surface area contributed by atoms with Crippen LogP contribution in [-0.4, -0.2) is 22.7 Å². The van der Waals surface area contributed by atoms with Gasteiger partial charge in [-0.2, -0.15) is 0 Å². The molecule has 0 aromatic heterocycles. The number of nitrogens with one attached hydrogen (secondary N) is 1. The van der Waals surface area contributed by atoms with Crippen LogP contribution in [0.1, 0.15) is 44.0 Å². The smallest absolute Gasteiger partial charge is 0.252 e. The van der Waals surface area contributed by atoms with Gasteiger partial charge >= 0.3 is 0 Å². The molecule has 0 fully saturated rings. The molecule has 1 rings (SSSR count). The number of amides is 1. The number of carbonyl (C=O) groups is 1. The van der Waals surface area contributed by atoms with Gasteiger partial charge in [-0.25, -0.2) is 0 Å². The van der Waals surface area contributed by atoms with Crippen molar-refractivity contribution in [3.05, 3.63) is 22.7 Å². The summed E-state index contributed by atoms with van der Waals surface area (Å²) in [5.74, 6) is -1.17. The van der Waals surface area contributed by atoms with Gasteiger partial charge in [0, 0.05) is 6.54 Å². The SMILES string of the molecule is CCCC(C)(C)CNC(=O)c1ccc(O)c(O)c1Cl. The second-order valence-corrected chi connectivity index (χ2v) is 5.77. The Morgan fingerprint density at radius 3 is 2.58 bits per heavy atom. The van der Waals surface area contributed by atoms with E-state index >= 15 is 0 Å². The molecule has 0 aliphatic rings. The van der Waals surface area contributed by atoms with E-state index in [2.05, 4.69) is 26.1 Å². The van der Waals surface area contributed by atoms with Crippen LogP contribution in [0.5, 0.6) is 11.5 Å². The van der Waals surface area contributed by atoms with Crippen LogP contribution in [0.15, 0.2) is 12.1 Å². The largest absolute Gasteiger partial charge is 0.504 e. The van der Waals surface area contributed by atoms with E-state index < -0.39 is 5.75 Å². The quantitative estimate of drug-likeness (QED) is 0.727. The molecule has 0 saturated heterocycles. The van der Waals surface area contributed by atoms with E-state index in [1.807, 2.05) is 0 Å². The molecule has 0 spiro atoms. The van der Waals surface area contributed by atoms with Crippen molar-refractivity contribution in [3.63, 3.8) is 0 Å². The molecular weight excluding hydrogens is 266 g/mol. The van der Waals surface area contributed by atoms with Gasteiger partial charge in [0.05, 0.1) is 10.6 Å². The number of hydrogen-bond donors (Lipinski definition) is 3. The summed E-state index contributed by atoms with van der Waals surface area (Å²) in [7, 11) is 0. The average Bonchev–Trinajstić information content (AvgIpc) is 2.33. The van der Waals surface area contributed by atoms with Crippen LogP contribution in [0.3, 0.4) is 0 Å². The number of carbonyl (C=O) groups excluding carboxylic acids is 1. The van der Waals surface area contributed by atoms with E-state index in [1.54, 1.807) is 0 Å². The van der Waals surface area contributed by atoms with Gasteiger partial charge in [-0.05, 0) is 24.0 Å². The van der Waals surface area contributed by atoms with Gasteiger partial charge in [0.25, 0.3) is 5.91 Å². The lowest BCUT2D eigenvalue weighted by atomic mass is 9.88. The first kappa shape index (κ1) is 15.6. The van der Waals surface area contributed by atoms with Crippen molar-refractivity contribution in [1.29, 1.82) is 0 Å². The molecule has 4 nitrogen and oxygen atoms in total. The molecule has 0 aliphatic carbocycles. The fourth-order valence-electron chi connectivity index (χ4n) is 1.91. The number of phenolic OH excluding ortho intramolecular Hbond substituents is 2. The van der Waals surface area contributed by atoms with Crippen molar-refractivity contribution >= 4 is 17.5 Å². The molecule has 0 bridgehead atoms. The predicted octanol–water partition coefficient (Wildman–Crippen LogP) is 3.31. The minimum absolute atomic E-state index is 0.00977. The minimum Gasteiger partial charge on any atom is -0.504 e. The van der Waals surface area contributed by atoms with Gasteiger partial charge in [0.2, 0.25) is 0 Å². The van der Waals surface area contributed by atoms with Crippen molar-refractivity contribution in [2.24, 2.45) is 5.41 Å². The number of phenols is 2. The third-order valence-electron chi connectivity index (χ3n) is 2.99. The Hall–Kier alpha value is -1.42. The summed E-state index contributed by atoms with van der Waals surface area (Å²) in [4.78, 5) is 12.0. The number of hydrogen-bond acceptors (Lipinski definition) is 3. The first-order valence-electron chi connectivity index (χ1n) is 6.27. The predicted molar refractivity (Wildman–Crippen MR) is 75.8 cm³/mol. The van der Waals surface area contributed by atoms with E-state index in [1.165, 1.54) is 12.1 Å². The highest BCUT2D eigenvalue weighted by Gasteiger charge is 2.20. The summed E-state index contributed by atoms with van der Waals surface area (Å²) < 4.78 is 0. The van der Waals surface area contributed by atoms with Crippen LogP contribution in [0.4, 0.5) is 0 Å². The fourth-order valence-corrected chi connectivity index (χ4v) is 2.16. The molecule has 0 unspecified atom stereocenters. The van der Waals surface area contributed by atoms with Gasteiger partial charge in [-0.15, -0.1) is 0 Å². The summed E-state index contributed by atoms with van der Waals surface area (Å²) in [6, 6.07) is 2.63. The van der Waals surface area contributed by atoms with Crippen molar-refractivity contribution < 1.29 is 15.0 Å². The molecule has 0 saturated carbocycles. The molecule has 1 aromatic carbocycles. The maximum atomic E-state index is 12.0. The third kappa shape index (κ3) is 4.03. The highest BCUT2D eigenvalue weighted by Crippen LogP contribution is 2.35. The first-order valence-corrected chi connectivity index (χ1v) is 6.65. The van der Waals surface area contributed by atoms with Crippen molar-refractivity contribution in [1.82, 2.24) is 5.32 Å². The van der Waals surface area contributed by atoms with Gasteiger partial charge in [-0.1, -0.05) is 38.8 Å². The number of benzene rings is 1. The van der Waals surface area contributed by atoms with Gasteiger partial charge in [0.15, 0.2) is 11.5 Å². The van der Waals surface area contributed by atoms with Crippen LogP contribution in [0, 0.1) is 5.41 Å². The zero-order valence-electron chi connectivity index (χ0n) is 11.5. The standard InChI is InChI=1S/C14H20ClNO3/c1-4-7-14(2,3)8-16-13(19)9-5-6-10(17)12(18)11(9)15/h5-6,17-18H,4,7-8H2,1-3H3,(H,16,19). The van der Waals surface area contributed by atoms with E-state index in [-0.39, 0.29) is 27.7 Å². The molecule has 0 heterocycles. The molecule has 0 radical (unpaired) electrons. The zero-order chi connectivity index (χ0) is 14.6. The molecule has 0 atom stereocenters. The average molecular weight is 286 g/mol. The maximum Gasteiger partial charge on any atom is 0.252 e. The van der Waals surface area contributed by atoms with Crippen LogP contribution in [0.2, 0.25) is 5.02 Å². The summed E-state index contributed by atoms with van der Waals surface area (Å²) in [6.07, 6.45) is 2.05. The molecule has 1 aromatic rings. The second-order valence-electron chi connectivity index (χ2n) is 5.39. The molecule has 19 heavy (non-hydrogen) atoms. The zero-order valence-corrected chi connectivity index (χ0v) is 12.2. The van der Waals surface area contributed by atoms with Crippen molar-refractivity contribution in [2.75, 3.05) is 6.54 Å². The summed E-state index contributed by atoms with van der Waals surface area (Å²) >= 11 is 5.83. The topological polar surface area (TPSA) is 69.6 Å². The van der Waals surface area contributed by atoms with E-state index in [0.29, 0.717) is 6.54 Å². The van der Waals surface area contributed by atoms with Gasteiger partial charge in [-0.3, -0.25) is 4.79 Å². The normalized spacial score (nSPS) is 11.4. The first-order chi connectivity index (χ1) is 8.78. The van der Waals surface area contributed by atoms with Crippen molar-refractivity contribution in [3.8, 4) is 11.5 Å². The van der Waals surface area contributed by atoms with Crippen LogP contribution in [-0.2, 0) is 0 Å². The lowest BCUT2D eigenvalue weighted by Gasteiger charge is -2.24. The van der Waals surface area contributed by atoms with Gasteiger partial charge in [0.1, 0.15) is 0 Å². The summed E-state index contributed by atoms with van der Waals surface area (Å²) in [6.45, 7) is 6.77. The number of rotatable bonds is 5. The highest BCUT2D eigenvalue weighted by molar-refractivity contribution is 6.35. The molecule has 1 amide bonds. The van der Waals surface area contributed by atoms with E-state index in [0.717, 1.165) is 12.8 Å². The Morgan fingerprint density at radius 2 is 2.00 bits per heavy atom. The van der Waals surface area contributed by atoms with Crippen molar-refractivity contribution in [2.45, 2.75) is 33.6 Å². The molecule has 106 valence electrons. The summed E-state index contributed by atoms with van der Waals surface area (Å²) in [5, 5.41) is 21.4. The highest BCUT2D eigenvalue weighted by atomic mass is 35.5. The Bertz CT molecular complexity index is 472. The lowest BCUT2D eigenvalue weighted by Crippen LogP contribution is -2.34. The monoisotopic (exact) mass is 285 g/mol. The Balaban J connectivity index is 2.77. The molecule has 5 heteroatoms. The van der Waals surface area contributed by atoms with Crippen LogP contribution >= 0.6 is 11.6 Å². The second kappa shape index (κ2) is 6.15. The maximum absolute atomic E-state index is 12.0. The summed E-state index contributed by atoms with van der Waals surface area (Å²) in [5.41, 5.74) is 0.166. The lowest BCUT2D eigenvalue weighted by molar-refractivity contribution is 0.0934. The number of aromatic hydroxyl groups is 2. The van der Waals surface area contributed by atoms with E-state index in [4.69, 9.17) is 11.6 Å². The molecule has 0 aliphatic heterocycles. The van der Waals surface area contributed by atoms with E-state index in [9.17, 15) is 15.0 Å².